The fraction of sp³-hybridized carbons (Fsp3) is 0.818. The molecular weight excluding hydrogens is 220 g/mol. The van der Waals surface area contributed by atoms with Crippen LogP contribution in [-0.2, 0) is 5.41 Å². The van der Waals surface area contributed by atoms with Gasteiger partial charge in [-0.15, -0.1) is 0 Å². The van der Waals surface area contributed by atoms with E-state index in [1.165, 1.54) is 11.5 Å². The van der Waals surface area contributed by atoms with Gasteiger partial charge in [0, 0.05) is 36.1 Å². The van der Waals surface area contributed by atoms with Crippen molar-refractivity contribution in [3.05, 3.63) is 5.82 Å². The molecule has 0 atom stereocenters. The molecule has 0 saturated carbocycles. The molecule has 1 rings (SSSR count). The van der Waals surface area contributed by atoms with Crippen LogP contribution < -0.4 is 10.6 Å². The lowest BCUT2D eigenvalue weighted by Crippen LogP contribution is -2.28. The van der Waals surface area contributed by atoms with Gasteiger partial charge in [-0.3, -0.25) is 0 Å². The van der Waals surface area contributed by atoms with Crippen LogP contribution in [0, 0.1) is 0 Å². The average molecular weight is 242 g/mol. The third-order valence-corrected chi connectivity index (χ3v) is 2.72. The molecule has 0 saturated heterocycles. The van der Waals surface area contributed by atoms with E-state index in [2.05, 4.69) is 54.6 Å². The van der Waals surface area contributed by atoms with Crippen LogP contribution in [0.3, 0.4) is 0 Å². The van der Waals surface area contributed by atoms with E-state index >= 15 is 0 Å². The first kappa shape index (κ1) is 13.4. The molecular formula is C11H22N4S. The molecule has 16 heavy (non-hydrogen) atoms. The van der Waals surface area contributed by atoms with Gasteiger partial charge in [0.25, 0.3) is 0 Å². The van der Waals surface area contributed by atoms with E-state index in [-0.39, 0.29) is 5.41 Å². The zero-order valence-electron chi connectivity index (χ0n) is 10.8. The third kappa shape index (κ3) is 4.45. The number of hydrogen-bond acceptors (Lipinski definition) is 5. The molecule has 1 aromatic rings. The van der Waals surface area contributed by atoms with Crippen LogP contribution in [0.5, 0.6) is 0 Å². The monoisotopic (exact) mass is 242 g/mol. The Labute approximate surface area is 102 Å². The summed E-state index contributed by atoms with van der Waals surface area (Å²) >= 11 is 1.44. The summed E-state index contributed by atoms with van der Waals surface area (Å²) in [6, 6.07) is 0.529. The van der Waals surface area contributed by atoms with Gasteiger partial charge >= 0.3 is 0 Å². The number of rotatable bonds is 5. The van der Waals surface area contributed by atoms with Gasteiger partial charge in [-0.25, -0.2) is 4.98 Å². The standard InChI is InChI=1S/C11H22N4S/c1-8(2)12-6-7-13-10-14-9(15-16-10)11(3,4)5/h8,12H,6-7H2,1-5H3,(H,13,14,15). The highest BCUT2D eigenvalue weighted by atomic mass is 32.1. The second-order valence-corrected chi connectivity index (χ2v) is 5.96. The fourth-order valence-corrected chi connectivity index (χ4v) is 1.91. The maximum Gasteiger partial charge on any atom is 0.202 e. The zero-order valence-corrected chi connectivity index (χ0v) is 11.6. The molecule has 0 spiro atoms. The topological polar surface area (TPSA) is 49.8 Å². The minimum Gasteiger partial charge on any atom is -0.359 e. The minimum atomic E-state index is 0.0343. The molecule has 5 heteroatoms. The lowest BCUT2D eigenvalue weighted by molar-refractivity contribution is 0.555. The molecule has 0 aliphatic heterocycles. The van der Waals surface area contributed by atoms with Gasteiger partial charge in [-0.2, -0.15) is 4.37 Å². The van der Waals surface area contributed by atoms with E-state index in [9.17, 15) is 0 Å². The summed E-state index contributed by atoms with van der Waals surface area (Å²) in [5.41, 5.74) is 0.0343. The number of nitrogens with zero attached hydrogens (tertiary/aromatic N) is 2. The molecule has 2 N–H and O–H groups in total. The molecule has 0 amide bonds. The van der Waals surface area contributed by atoms with Crippen molar-refractivity contribution >= 4 is 16.7 Å². The molecule has 4 nitrogen and oxygen atoms in total. The maximum absolute atomic E-state index is 4.47. The van der Waals surface area contributed by atoms with Crippen molar-refractivity contribution in [3.8, 4) is 0 Å². The van der Waals surface area contributed by atoms with Gasteiger partial charge in [0.2, 0.25) is 5.13 Å². The third-order valence-electron chi connectivity index (χ3n) is 2.05. The predicted octanol–water partition coefficient (Wildman–Crippen LogP) is 2.25. The lowest BCUT2D eigenvalue weighted by Gasteiger charge is -2.12. The first-order chi connectivity index (χ1) is 7.39. The Kier molecular flexibility index (Phi) is 4.68. The molecule has 0 radical (unpaired) electrons. The zero-order chi connectivity index (χ0) is 12.2. The number of anilines is 1. The van der Waals surface area contributed by atoms with E-state index in [0.29, 0.717) is 6.04 Å². The first-order valence-electron chi connectivity index (χ1n) is 5.71. The van der Waals surface area contributed by atoms with E-state index in [1.54, 1.807) is 0 Å². The van der Waals surface area contributed by atoms with Crippen LogP contribution in [-0.4, -0.2) is 28.5 Å². The Balaban J connectivity index is 2.36. The average Bonchev–Trinajstić information content (AvgIpc) is 2.59. The van der Waals surface area contributed by atoms with Crippen LogP contribution in [0.2, 0.25) is 0 Å². The largest absolute Gasteiger partial charge is 0.359 e. The summed E-state index contributed by atoms with van der Waals surface area (Å²) in [7, 11) is 0. The highest BCUT2D eigenvalue weighted by Crippen LogP contribution is 2.22. The van der Waals surface area contributed by atoms with Crippen molar-refractivity contribution in [1.29, 1.82) is 0 Å². The van der Waals surface area contributed by atoms with Crippen molar-refractivity contribution in [2.24, 2.45) is 0 Å². The maximum atomic E-state index is 4.47. The summed E-state index contributed by atoms with van der Waals surface area (Å²) in [6.45, 7) is 12.5. The SMILES string of the molecule is CC(C)NCCNc1nc(C(C)(C)C)ns1. The summed E-state index contributed by atoms with van der Waals surface area (Å²) in [5, 5.41) is 7.53. The van der Waals surface area contributed by atoms with Crippen molar-refractivity contribution in [1.82, 2.24) is 14.7 Å². The predicted molar refractivity (Wildman–Crippen MR) is 70.2 cm³/mol. The number of hydrogen-bond donors (Lipinski definition) is 2. The fourth-order valence-electron chi connectivity index (χ4n) is 1.13. The normalized spacial score (nSPS) is 12.1. The molecule has 92 valence electrons. The van der Waals surface area contributed by atoms with Gasteiger partial charge < -0.3 is 10.6 Å². The quantitative estimate of drug-likeness (QED) is 0.778. The lowest BCUT2D eigenvalue weighted by atomic mass is 9.96. The molecule has 0 fully saturated rings. The smallest absolute Gasteiger partial charge is 0.202 e. The van der Waals surface area contributed by atoms with E-state index in [1.807, 2.05) is 0 Å². The van der Waals surface area contributed by atoms with Crippen molar-refractivity contribution in [2.45, 2.75) is 46.1 Å². The van der Waals surface area contributed by atoms with Crippen LogP contribution in [0.25, 0.3) is 0 Å². The number of nitrogens with one attached hydrogen (secondary N) is 2. The van der Waals surface area contributed by atoms with Crippen molar-refractivity contribution in [2.75, 3.05) is 18.4 Å². The van der Waals surface area contributed by atoms with Crippen LogP contribution in [0.4, 0.5) is 5.13 Å². The second-order valence-electron chi connectivity index (χ2n) is 5.21. The second kappa shape index (κ2) is 5.59. The van der Waals surface area contributed by atoms with Crippen LogP contribution in [0.1, 0.15) is 40.4 Å². The van der Waals surface area contributed by atoms with E-state index in [4.69, 9.17) is 0 Å². The minimum absolute atomic E-state index is 0.0343. The van der Waals surface area contributed by atoms with Gasteiger partial charge in [0.1, 0.15) is 5.82 Å². The van der Waals surface area contributed by atoms with Crippen molar-refractivity contribution in [3.63, 3.8) is 0 Å². The molecule has 0 aliphatic rings. The Hall–Kier alpha value is -0.680. The summed E-state index contributed by atoms with van der Waals surface area (Å²) in [6.07, 6.45) is 0. The van der Waals surface area contributed by atoms with Crippen LogP contribution in [0.15, 0.2) is 0 Å². The summed E-state index contributed by atoms with van der Waals surface area (Å²) in [5.74, 6) is 0.914. The highest BCUT2D eigenvalue weighted by molar-refractivity contribution is 7.09. The van der Waals surface area contributed by atoms with Crippen molar-refractivity contribution < 1.29 is 0 Å². The van der Waals surface area contributed by atoms with Gasteiger partial charge in [0.05, 0.1) is 0 Å². The molecule has 0 aliphatic carbocycles. The molecule has 0 bridgehead atoms. The molecule has 1 heterocycles. The Morgan fingerprint density at radius 3 is 2.44 bits per heavy atom. The van der Waals surface area contributed by atoms with Gasteiger partial charge in [0.15, 0.2) is 0 Å². The summed E-state index contributed by atoms with van der Waals surface area (Å²) < 4.78 is 4.35. The summed E-state index contributed by atoms with van der Waals surface area (Å²) in [4.78, 5) is 4.47. The molecule has 0 aromatic carbocycles. The Bertz CT molecular complexity index is 314. The molecule has 0 unspecified atom stereocenters. The Morgan fingerprint density at radius 2 is 1.94 bits per heavy atom. The first-order valence-corrected chi connectivity index (χ1v) is 6.48. The van der Waals surface area contributed by atoms with E-state index < -0.39 is 0 Å². The molecule has 1 aromatic heterocycles. The Morgan fingerprint density at radius 1 is 1.25 bits per heavy atom. The van der Waals surface area contributed by atoms with Gasteiger partial charge in [-0.05, 0) is 0 Å². The number of aromatic nitrogens is 2. The highest BCUT2D eigenvalue weighted by Gasteiger charge is 2.19. The van der Waals surface area contributed by atoms with Crippen LogP contribution >= 0.6 is 11.5 Å². The van der Waals surface area contributed by atoms with Gasteiger partial charge in [-0.1, -0.05) is 34.6 Å². The van der Waals surface area contributed by atoms with E-state index in [0.717, 1.165) is 24.0 Å².